The third kappa shape index (κ3) is 8.54. The van der Waals surface area contributed by atoms with Gasteiger partial charge in [-0.1, -0.05) is 53.4 Å². The van der Waals surface area contributed by atoms with Crippen molar-refractivity contribution >= 4 is 0 Å². The number of unbranched alkanes of at least 4 members (excludes halogenated alkanes) is 2. The van der Waals surface area contributed by atoms with E-state index in [-0.39, 0.29) is 34.0 Å². The minimum Gasteiger partial charge on any atom is -0.493 e. The number of nitrogens with zero attached hydrogens (tertiary/aromatic N) is 4. The van der Waals surface area contributed by atoms with Gasteiger partial charge in [0, 0.05) is 39.4 Å². The summed E-state index contributed by atoms with van der Waals surface area (Å²) in [6.07, 6.45) is 14.2. The quantitative estimate of drug-likeness (QED) is 0.178. The van der Waals surface area contributed by atoms with Crippen LogP contribution < -0.4 is 11.4 Å². The van der Waals surface area contributed by atoms with Gasteiger partial charge in [0.15, 0.2) is 0 Å². The standard InChI is InChI=1S/C31H56N4O5/c1-7-30(8-2,19-20-34-26(36)23-32(11-5)28(34)38)17-13-15-21-40-22-16-14-18-31(9-3,10-4)25-35-27(37)24-33(12-6)29(35)39/h23-24,36-37H,7-22,25H2,1-6H3. The maximum Gasteiger partial charge on any atom is 0.331 e. The van der Waals surface area contributed by atoms with Crippen molar-refractivity contribution in [3.05, 3.63) is 33.4 Å². The average molecular weight is 565 g/mol. The molecule has 2 N–H and O–H groups in total. The van der Waals surface area contributed by atoms with E-state index in [1.54, 1.807) is 9.13 Å². The summed E-state index contributed by atoms with van der Waals surface area (Å²) in [7, 11) is 0. The Morgan fingerprint density at radius 3 is 1.55 bits per heavy atom. The van der Waals surface area contributed by atoms with Crippen molar-refractivity contribution in [1.82, 2.24) is 18.3 Å². The summed E-state index contributed by atoms with van der Waals surface area (Å²) in [5, 5.41) is 20.5. The van der Waals surface area contributed by atoms with Gasteiger partial charge in [-0.2, -0.15) is 0 Å². The molecule has 0 aliphatic heterocycles. The van der Waals surface area contributed by atoms with E-state index in [2.05, 4.69) is 27.7 Å². The van der Waals surface area contributed by atoms with Gasteiger partial charge in [0.05, 0.1) is 12.4 Å². The summed E-state index contributed by atoms with van der Waals surface area (Å²) in [5.41, 5.74) is -0.107. The summed E-state index contributed by atoms with van der Waals surface area (Å²) >= 11 is 0. The molecule has 0 saturated carbocycles. The second-order valence-corrected chi connectivity index (χ2v) is 11.5. The fourth-order valence-electron chi connectivity index (χ4n) is 6.03. The average Bonchev–Trinajstić information content (AvgIpc) is 3.40. The second kappa shape index (κ2) is 16.1. The van der Waals surface area contributed by atoms with Crippen LogP contribution >= 0.6 is 0 Å². The highest BCUT2D eigenvalue weighted by Crippen LogP contribution is 2.37. The highest BCUT2D eigenvalue weighted by Gasteiger charge is 2.29. The molecule has 0 bridgehead atoms. The monoisotopic (exact) mass is 564 g/mol. The lowest BCUT2D eigenvalue weighted by Gasteiger charge is -2.32. The lowest BCUT2D eigenvalue weighted by atomic mass is 9.75. The Kier molecular flexibility index (Phi) is 13.6. The number of aromatic nitrogens is 4. The van der Waals surface area contributed by atoms with E-state index < -0.39 is 0 Å². The summed E-state index contributed by atoms with van der Waals surface area (Å²) < 4.78 is 12.1. The fourth-order valence-corrected chi connectivity index (χ4v) is 6.03. The number of aryl methyl sites for hydroxylation is 2. The van der Waals surface area contributed by atoms with E-state index in [1.807, 2.05) is 13.8 Å². The minimum atomic E-state index is -0.132. The fraction of sp³-hybridized carbons (Fsp3) is 0.806. The smallest absolute Gasteiger partial charge is 0.331 e. The SMILES string of the molecule is CCn1cc(O)n(CCC(CC)(CC)CCCCOCCCCC(CC)(CC)Cn2c(O)cn(CC)c2=O)c1=O. The molecule has 2 rings (SSSR count). The number of aromatic hydroxyl groups is 2. The first-order chi connectivity index (χ1) is 19.1. The molecule has 0 aliphatic rings. The van der Waals surface area contributed by atoms with Gasteiger partial charge >= 0.3 is 11.4 Å². The van der Waals surface area contributed by atoms with Crippen molar-refractivity contribution in [2.24, 2.45) is 10.8 Å². The first-order valence-corrected chi connectivity index (χ1v) is 15.7. The largest absolute Gasteiger partial charge is 0.493 e. The Morgan fingerprint density at radius 1 is 0.650 bits per heavy atom. The molecule has 0 saturated heterocycles. The molecular formula is C31H56N4O5. The van der Waals surface area contributed by atoms with E-state index >= 15 is 0 Å². The third-order valence-corrected chi connectivity index (χ3v) is 9.58. The van der Waals surface area contributed by atoms with Gasteiger partial charge in [0.2, 0.25) is 11.8 Å². The van der Waals surface area contributed by atoms with Crippen LogP contribution in [-0.2, 0) is 30.9 Å². The van der Waals surface area contributed by atoms with Crippen LogP contribution in [0.4, 0.5) is 0 Å². The van der Waals surface area contributed by atoms with Crippen LogP contribution in [0.25, 0.3) is 0 Å². The number of hydrogen-bond donors (Lipinski definition) is 2. The zero-order chi connectivity index (χ0) is 29.8. The molecule has 9 heteroatoms. The van der Waals surface area contributed by atoms with Gasteiger partial charge in [0.25, 0.3) is 0 Å². The molecule has 0 fully saturated rings. The molecule has 0 aliphatic carbocycles. The van der Waals surface area contributed by atoms with E-state index in [0.717, 1.165) is 83.8 Å². The minimum absolute atomic E-state index is 0.00798. The van der Waals surface area contributed by atoms with Crippen LogP contribution in [-0.4, -0.2) is 41.7 Å². The lowest BCUT2D eigenvalue weighted by molar-refractivity contribution is 0.112. The van der Waals surface area contributed by atoms with Crippen molar-refractivity contribution in [1.29, 1.82) is 0 Å². The van der Waals surface area contributed by atoms with Gasteiger partial charge in [-0.3, -0.25) is 18.3 Å². The maximum absolute atomic E-state index is 12.6. The molecule has 230 valence electrons. The molecule has 9 nitrogen and oxygen atoms in total. The molecule has 2 aromatic rings. The maximum atomic E-state index is 12.6. The molecule has 0 amide bonds. The van der Waals surface area contributed by atoms with E-state index in [0.29, 0.717) is 26.2 Å². The van der Waals surface area contributed by atoms with Gasteiger partial charge < -0.3 is 14.9 Å². The summed E-state index contributed by atoms with van der Waals surface area (Å²) in [6.45, 7) is 16.3. The van der Waals surface area contributed by atoms with Crippen molar-refractivity contribution in [3.8, 4) is 11.8 Å². The molecular weight excluding hydrogens is 508 g/mol. The summed E-state index contributed by atoms with van der Waals surface area (Å²) in [6, 6.07) is 0. The van der Waals surface area contributed by atoms with Gasteiger partial charge in [-0.05, 0) is 69.6 Å². The predicted molar refractivity (Wildman–Crippen MR) is 161 cm³/mol. The molecule has 2 heterocycles. The summed E-state index contributed by atoms with van der Waals surface area (Å²) in [5.74, 6) is 0.110. The molecule has 0 radical (unpaired) electrons. The lowest BCUT2D eigenvalue weighted by Crippen LogP contribution is -2.32. The van der Waals surface area contributed by atoms with Crippen LogP contribution in [0.1, 0.15) is 112 Å². The van der Waals surface area contributed by atoms with E-state index in [1.165, 1.54) is 21.5 Å². The topological polar surface area (TPSA) is 104 Å². The Morgan fingerprint density at radius 2 is 1.10 bits per heavy atom. The first-order valence-electron chi connectivity index (χ1n) is 15.7. The number of ether oxygens (including phenoxy) is 1. The zero-order valence-electron chi connectivity index (χ0n) is 26.1. The third-order valence-electron chi connectivity index (χ3n) is 9.58. The zero-order valence-corrected chi connectivity index (χ0v) is 26.1. The van der Waals surface area contributed by atoms with Crippen LogP contribution in [0, 0.1) is 10.8 Å². The first kappa shape index (κ1) is 33.8. The number of hydrogen-bond acceptors (Lipinski definition) is 5. The Balaban J connectivity index is 1.73. The van der Waals surface area contributed by atoms with Gasteiger partial charge in [0.1, 0.15) is 0 Å². The van der Waals surface area contributed by atoms with Gasteiger partial charge in [-0.25, -0.2) is 9.59 Å². The Hall–Kier alpha value is -2.42. The van der Waals surface area contributed by atoms with Crippen LogP contribution in [0.15, 0.2) is 22.0 Å². The number of rotatable bonds is 21. The van der Waals surface area contributed by atoms with Gasteiger partial charge in [-0.15, -0.1) is 0 Å². The molecule has 0 spiro atoms. The Labute approximate surface area is 240 Å². The predicted octanol–water partition coefficient (Wildman–Crippen LogP) is 6.12. The molecule has 40 heavy (non-hydrogen) atoms. The normalized spacial score (nSPS) is 12.4. The van der Waals surface area contributed by atoms with Crippen LogP contribution in [0.2, 0.25) is 0 Å². The summed E-state index contributed by atoms with van der Waals surface area (Å²) in [4.78, 5) is 25.1. The number of imidazole rings is 2. The molecule has 2 aromatic heterocycles. The molecule has 0 unspecified atom stereocenters. The molecule has 0 aromatic carbocycles. The van der Waals surface area contributed by atoms with E-state index in [9.17, 15) is 19.8 Å². The van der Waals surface area contributed by atoms with Crippen molar-refractivity contribution in [3.63, 3.8) is 0 Å². The second-order valence-electron chi connectivity index (χ2n) is 11.5. The van der Waals surface area contributed by atoms with E-state index in [4.69, 9.17) is 4.74 Å². The van der Waals surface area contributed by atoms with Crippen molar-refractivity contribution in [2.75, 3.05) is 13.2 Å². The molecule has 0 atom stereocenters. The van der Waals surface area contributed by atoms with Crippen molar-refractivity contribution in [2.45, 2.75) is 138 Å². The Bertz CT molecular complexity index is 1120. The van der Waals surface area contributed by atoms with Crippen molar-refractivity contribution < 1.29 is 14.9 Å². The van der Waals surface area contributed by atoms with Crippen LogP contribution in [0.5, 0.6) is 11.8 Å². The van der Waals surface area contributed by atoms with Crippen LogP contribution in [0.3, 0.4) is 0 Å². The highest BCUT2D eigenvalue weighted by molar-refractivity contribution is 5.06. The highest BCUT2D eigenvalue weighted by atomic mass is 16.5.